The predicted octanol–water partition coefficient (Wildman–Crippen LogP) is 4.58. The van der Waals surface area contributed by atoms with Gasteiger partial charge in [0.1, 0.15) is 5.82 Å². The largest absolute Gasteiger partial charge is 0.417 e. The van der Waals surface area contributed by atoms with Crippen LogP contribution < -0.4 is 0 Å². The van der Waals surface area contributed by atoms with Crippen molar-refractivity contribution in [3.05, 3.63) is 71.1 Å². The zero-order valence-electron chi connectivity index (χ0n) is 17.2. The van der Waals surface area contributed by atoms with E-state index in [0.29, 0.717) is 17.8 Å². The second kappa shape index (κ2) is 7.64. The number of carbonyl (C=O) groups is 1. The van der Waals surface area contributed by atoms with Crippen LogP contribution in [0.5, 0.6) is 0 Å². The lowest BCUT2D eigenvalue weighted by Crippen LogP contribution is -2.30. The van der Waals surface area contributed by atoms with Crippen LogP contribution in [-0.2, 0) is 12.7 Å². The Labute approximate surface area is 176 Å². The fraction of sp³-hybridized carbons (Fsp3) is 0.273. The van der Waals surface area contributed by atoms with Gasteiger partial charge in [-0.2, -0.15) is 13.2 Å². The third kappa shape index (κ3) is 3.83. The van der Waals surface area contributed by atoms with Gasteiger partial charge < -0.3 is 4.90 Å². The van der Waals surface area contributed by atoms with E-state index in [0.717, 1.165) is 40.3 Å². The first-order chi connectivity index (χ1) is 14.7. The van der Waals surface area contributed by atoms with Gasteiger partial charge in [0.15, 0.2) is 0 Å². The van der Waals surface area contributed by atoms with Crippen molar-refractivity contribution < 1.29 is 18.0 Å². The van der Waals surface area contributed by atoms with E-state index in [4.69, 9.17) is 0 Å². The van der Waals surface area contributed by atoms with E-state index in [1.807, 2.05) is 25.2 Å². The lowest BCUT2D eigenvalue weighted by atomic mass is 10.1. The molecule has 160 valence electrons. The second-order valence-corrected chi connectivity index (χ2v) is 7.28. The molecule has 1 amide bonds. The van der Waals surface area contributed by atoms with Crippen molar-refractivity contribution in [1.29, 1.82) is 0 Å². The first kappa shape index (κ1) is 20.8. The maximum absolute atomic E-state index is 13.1. The highest BCUT2D eigenvalue weighted by molar-refractivity contribution is 5.97. The van der Waals surface area contributed by atoms with Crippen molar-refractivity contribution in [3.8, 4) is 0 Å². The van der Waals surface area contributed by atoms with Crippen molar-refractivity contribution >= 4 is 22.5 Å². The molecule has 0 unspecified atom stereocenters. The number of aryl methyl sites for hydroxylation is 2. The number of nitrogens with zero attached hydrogens (tertiary/aromatic N) is 5. The Bertz CT molecular complexity index is 1280. The van der Waals surface area contributed by atoms with Crippen molar-refractivity contribution in [1.82, 2.24) is 24.3 Å². The van der Waals surface area contributed by atoms with E-state index < -0.39 is 11.7 Å². The minimum atomic E-state index is -4.44. The number of fused-ring (bicyclic) bond motifs is 3. The molecule has 0 atom stereocenters. The monoisotopic (exact) mass is 427 g/mol. The predicted molar refractivity (Wildman–Crippen MR) is 110 cm³/mol. The van der Waals surface area contributed by atoms with E-state index in [-0.39, 0.29) is 12.5 Å². The minimum absolute atomic E-state index is 0.108. The van der Waals surface area contributed by atoms with Gasteiger partial charge in [-0.15, -0.1) is 0 Å². The summed E-state index contributed by atoms with van der Waals surface area (Å²) < 4.78 is 40.2. The Morgan fingerprint density at radius 3 is 2.48 bits per heavy atom. The van der Waals surface area contributed by atoms with Crippen LogP contribution >= 0.6 is 0 Å². The fourth-order valence-electron chi connectivity index (χ4n) is 3.61. The molecule has 4 rings (SSSR count). The molecule has 0 bridgehead atoms. The van der Waals surface area contributed by atoms with Gasteiger partial charge in [0.2, 0.25) is 0 Å². The topological polar surface area (TPSA) is 63.4 Å². The summed E-state index contributed by atoms with van der Waals surface area (Å²) in [5.41, 5.74) is 3.25. The molecule has 0 aliphatic heterocycles. The normalized spacial score (nSPS) is 11.9. The van der Waals surface area contributed by atoms with E-state index in [2.05, 4.69) is 15.0 Å². The number of alkyl halides is 3. The summed E-state index contributed by atoms with van der Waals surface area (Å²) in [5.74, 6) is 0.559. The number of halogens is 3. The van der Waals surface area contributed by atoms with Gasteiger partial charge in [0, 0.05) is 18.3 Å². The number of rotatable bonds is 4. The summed E-state index contributed by atoms with van der Waals surface area (Å²) in [6, 6.07) is 7.52. The molecule has 0 aliphatic carbocycles. The molecule has 0 radical (unpaired) electrons. The summed E-state index contributed by atoms with van der Waals surface area (Å²) in [5, 5.41) is 0. The Morgan fingerprint density at radius 1 is 1.06 bits per heavy atom. The Morgan fingerprint density at radius 2 is 1.84 bits per heavy atom. The molecule has 0 saturated carbocycles. The van der Waals surface area contributed by atoms with E-state index in [1.54, 1.807) is 24.4 Å². The molecule has 9 heteroatoms. The zero-order chi connectivity index (χ0) is 22.3. The SMILES string of the molecule is CCN(Cc1ccc(C(F)(F)F)cn1)C(=O)c1ccc2ncc3c(C)nc(C)n3c2c1. The van der Waals surface area contributed by atoms with Gasteiger partial charge in [0.25, 0.3) is 5.91 Å². The fourth-order valence-corrected chi connectivity index (χ4v) is 3.61. The van der Waals surface area contributed by atoms with Crippen molar-refractivity contribution in [2.24, 2.45) is 0 Å². The smallest absolute Gasteiger partial charge is 0.333 e. The number of amides is 1. The number of hydrogen-bond acceptors (Lipinski definition) is 4. The van der Waals surface area contributed by atoms with Gasteiger partial charge in [-0.3, -0.25) is 19.2 Å². The lowest BCUT2D eigenvalue weighted by molar-refractivity contribution is -0.137. The summed E-state index contributed by atoms with van der Waals surface area (Å²) in [7, 11) is 0. The highest BCUT2D eigenvalue weighted by atomic mass is 19.4. The van der Waals surface area contributed by atoms with Gasteiger partial charge in [-0.1, -0.05) is 0 Å². The Hall–Kier alpha value is -3.49. The molecule has 31 heavy (non-hydrogen) atoms. The molecule has 3 aromatic heterocycles. The highest BCUT2D eigenvalue weighted by Gasteiger charge is 2.30. The van der Waals surface area contributed by atoms with Gasteiger partial charge in [0.05, 0.1) is 46.2 Å². The Balaban J connectivity index is 1.66. The number of hydrogen-bond donors (Lipinski definition) is 0. The van der Waals surface area contributed by atoms with Crippen LogP contribution in [0.25, 0.3) is 16.6 Å². The molecule has 1 aromatic carbocycles. The van der Waals surface area contributed by atoms with Crippen molar-refractivity contribution in [2.75, 3.05) is 6.54 Å². The quantitative estimate of drug-likeness (QED) is 0.479. The summed E-state index contributed by atoms with van der Waals surface area (Å²) in [4.78, 5) is 27.5. The number of carbonyl (C=O) groups excluding carboxylic acids is 1. The molecule has 0 N–H and O–H groups in total. The average molecular weight is 427 g/mol. The maximum atomic E-state index is 13.1. The molecule has 0 fully saturated rings. The van der Waals surface area contributed by atoms with Crippen LogP contribution in [-0.4, -0.2) is 36.7 Å². The number of aromatic nitrogens is 4. The van der Waals surface area contributed by atoms with Crippen LogP contribution in [0.2, 0.25) is 0 Å². The minimum Gasteiger partial charge on any atom is -0.333 e. The van der Waals surface area contributed by atoms with Crippen LogP contribution in [0.3, 0.4) is 0 Å². The standard InChI is InChI=1S/C22H20F3N5O/c1-4-29(12-17-7-6-16(10-26-17)22(23,24)25)21(31)15-5-8-18-19(9-15)30-14(3)28-13(2)20(30)11-27-18/h5-11H,4,12H2,1-3H3. The molecule has 4 aromatic rings. The van der Waals surface area contributed by atoms with Crippen LogP contribution in [0.15, 0.2) is 42.7 Å². The third-order valence-electron chi connectivity index (χ3n) is 5.23. The average Bonchev–Trinajstić information content (AvgIpc) is 3.04. The van der Waals surface area contributed by atoms with Crippen LogP contribution in [0.1, 0.15) is 40.1 Å². The molecular weight excluding hydrogens is 407 g/mol. The second-order valence-electron chi connectivity index (χ2n) is 7.28. The molecule has 3 heterocycles. The van der Waals surface area contributed by atoms with Crippen molar-refractivity contribution in [2.45, 2.75) is 33.5 Å². The van der Waals surface area contributed by atoms with Crippen LogP contribution in [0, 0.1) is 13.8 Å². The van der Waals surface area contributed by atoms with Gasteiger partial charge in [-0.05, 0) is 51.1 Å². The van der Waals surface area contributed by atoms with Gasteiger partial charge >= 0.3 is 6.18 Å². The third-order valence-corrected chi connectivity index (χ3v) is 5.23. The molecular formula is C22H20F3N5O. The highest BCUT2D eigenvalue weighted by Crippen LogP contribution is 2.28. The zero-order valence-corrected chi connectivity index (χ0v) is 17.2. The molecule has 6 nitrogen and oxygen atoms in total. The number of benzene rings is 1. The first-order valence-electron chi connectivity index (χ1n) is 9.75. The van der Waals surface area contributed by atoms with Gasteiger partial charge in [-0.25, -0.2) is 4.98 Å². The molecule has 0 spiro atoms. The summed E-state index contributed by atoms with van der Waals surface area (Å²) in [6.45, 7) is 6.10. The Kier molecular flexibility index (Phi) is 5.12. The number of pyridine rings is 1. The summed E-state index contributed by atoms with van der Waals surface area (Å²) in [6.07, 6.45) is -1.90. The molecule has 0 aliphatic rings. The lowest BCUT2D eigenvalue weighted by Gasteiger charge is -2.21. The summed E-state index contributed by atoms with van der Waals surface area (Å²) >= 11 is 0. The van der Waals surface area contributed by atoms with E-state index in [1.165, 1.54) is 11.0 Å². The van der Waals surface area contributed by atoms with Crippen molar-refractivity contribution in [3.63, 3.8) is 0 Å². The van der Waals surface area contributed by atoms with E-state index in [9.17, 15) is 18.0 Å². The van der Waals surface area contributed by atoms with E-state index >= 15 is 0 Å². The number of imidazole rings is 1. The van der Waals surface area contributed by atoms with Crippen LogP contribution in [0.4, 0.5) is 13.2 Å². The first-order valence-corrected chi connectivity index (χ1v) is 9.75. The molecule has 0 saturated heterocycles. The maximum Gasteiger partial charge on any atom is 0.417 e.